The summed E-state index contributed by atoms with van der Waals surface area (Å²) in [6.07, 6.45) is 3.82. The van der Waals surface area contributed by atoms with Crippen LogP contribution in [0.2, 0.25) is 5.02 Å². The summed E-state index contributed by atoms with van der Waals surface area (Å²) in [6.45, 7) is 1.19. The SMILES string of the molecule is O=C(O)Cn1ccc(C2CCCN(C(=O)Cc3ccccc3Cl)C2)n1. The number of nitrogens with zero attached hydrogens (tertiary/aromatic N) is 3. The predicted molar refractivity (Wildman–Crippen MR) is 93.6 cm³/mol. The third-order valence-corrected chi connectivity index (χ3v) is 4.82. The molecule has 7 heteroatoms. The fourth-order valence-electron chi connectivity index (χ4n) is 3.18. The van der Waals surface area contributed by atoms with Gasteiger partial charge in [0.25, 0.3) is 0 Å². The van der Waals surface area contributed by atoms with Crippen molar-refractivity contribution < 1.29 is 14.7 Å². The van der Waals surface area contributed by atoms with E-state index in [-0.39, 0.29) is 18.4 Å². The smallest absolute Gasteiger partial charge is 0.325 e. The maximum Gasteiger partial charge on any atom is 0.325 e. The largest absolute Gasteiger partial charge is 0.480 e. The molecule has 25 heavy (non-hydrogen) atoms. The molecule has 1 unspecified atom stereocenters. The van der Waals surface area contributed by atoms with Crippen LogP contribution in [0.1, 0.15) is 30.0 Å². The van der Waals surface area contributed by atoms with Gasteiger partial charge in [0.15, 0.2) is 0 Å². The van der Waals surface area contributed by atoms with Gasteiger partial charge in [-0.05, 0) is 30.5 Å². The van der Waals surface area contributed by atoms with E-state index in [1.165, 1.54) is 4.68 Å². The van der Waals surface area contributed by atoms with Crippen molar-refractivity contribution >= 4 is 23.5 Å². The van der Waals surface area contributed by atoms with Gasteiger partial charge >= 0.3 is 5.97 Å². The number of carbonyl (C=O) groups is 2. The maximum absolute atomic E-state index is 12.6. The molecule has 3 rings (SSSR count). The molecular weight excluding hydrogens is 342 g/mol. The van der Waals surface area contributed by atoms with Crippen molar-refractivity contribution in [2.24, 2.45) is 0 Å². The number of hydrogen-bond acceptors (Lipinski definition) is 3. The van der Waals surface area contributed by atoms with E-state index in [0.29, 0.717) is 18.0 Å². The van der Waals surface area contributed by atoms with Crippen LogP contribution in [0, 0.1) is 0 Å². The minimum Gasteiger partial charge on any atom is -0.480 e. The second-order valence-corrected chi connectivity index (χ2v) is 6.69. The zero-order valence-corrected chi connectivity index (χ0v) is 14.5. The van der Waals surface area contributed by atoms with Crippen molar-refractivity contribution in [1.82, 2.24) is 14.7 Å². The predicted octanol–water partition coefficient (Wildman–Crippen LogP) is 2.57. The lowest BCUT2D eigenvalue weighted by atomic mass is 9.94. The number of aromatic nitrogens is 2. The summed E-state index contributed by atoms with van der Waals surface area (Å²) in [5, 5.41) is 13.8. The zero-order valence-electron chi connectivity index (χ0n) is 13.8. The average molecular weight is 362 g/mol. The first-order valence-electron chi connectivity index (χ1n) is 8.29. The van der Waals surface area contributed by atoms with E-state index in [2.05, 4.69) is 5.10 Å². The number of carboxylic acids is 1. The number of likely N-dealkylation sites (tertiary alicyclic amines) is 1. The van der Waals surface area contributed by atoms with Crippen LogP contribution in [0.4, 0.5) is 0 Å². The van der Waals surface area contributed by atoms with Crippen LogP contribution < -0.4 is 0 Å². The Morgan fingerprint density at radius 3 is 2.84 bits per heavy atom. The first kappa shape index (κ1) is 17.5. The molecule has 1 aromatic carbocycles. The summed E-state index contributed by atoms with van der Waals surface area (Å²) in [4.78, 5) is 25.2. The van der Waals surface area contributed by atoms with Crippen molar-refractivity contribution in [2.45, 2.75) is 31.7 Å². The molecule has 1 saturated heterocycles. The van der Waals surface area contributed by atoms with Gasteiger partial charge in [-0.25, -0.2) is 0 Å². The standard InChI is InChI=1S/C18H20ClN3O3/c19-15-6-2-1-4-13(15)10-17(23)21-8-3-5-14(11-21)16-7-9-22(20-16)12-18(24)25/h1-2,4,6-7,9,14H,3,5,8,10-12H2,(H,24,25). The highest BCUT2D eigenvalue weighted by Gasteiger charge is 2.26. The Kier molecular flexibility index (Phi) is 5.38. The minimum absolute atomic E-state index is 0.0581. The highest BCUT2D eigenvalue weighted by molar-refractivity contribution is 6.31. The number of carboxylic acid groups (broad SMARTS) is 1. The summed E-state index contributed by atoms with van der Waals surface area (Å²) in [5.74, 6) is -0.725. The summed E-state index contributed by atoms with van der Waals surface area (Å²) < 4.78 is 1.42. The molecule has 132 valence electrons. The summed E-state index contributed by atoms with van der Waals surface area (Å²) in [7, 11) is 0. The third kappa shape index (κ3) is 4.39. The van der Waals surface area contributed by atoms with Crippen molar-refractivity contribution in [3.05, 3.63) is 52.8 Å². The molecule has 0 saturated carbocycles. The van der Waals surface area contributed by atoms with Gasteiger partial charge in [0, 0.05) is 30.2 Å². The fraction of sp³-hybridized carbons (Fsp3) is 0.389. The summed E-state index contributed by atoms with van der Waals surface area (Å²) >= 11 is 6.14. The Labute approximate surface area is 151 Å². The second-order valence-electron chi connectivity index (χ2n) is 6.28. The van der Waals surface area contributed by atoms with Gasteiger partial charge in [-0.2, -0.15) is 5.10 Å². The maximum atomic E-state index is 12.6. The molecule has 0 radical (unpaired) electrons. The Balaban J connectivity index is 1.64. The Morgan fingerprint density at radius 2 is 2.08 bits per heavy atom. The molecule has 1 aliphatic heterocycles. The van der Waals surface area contributed by atoms with Gasteiger partial charge in [-0.1, -0.05) is 29.8 Å². The van der Waals surface area contributed by atoms with Crippen LogP contribution in [0.5, 0.6) is 0 Å². The molecule has 0 bridgehead atoms. The van der Waals surface area contributed by atoms with Crippen LogP contribution in [0.25, 0.3) is 0 Å². The number of aliphatic carboxylic acids is 1. The summed E-state index contributed by atoms with van der Waals surface area (Å²) in [6, 6.07) is 9.23. The first-order chi connectivity index (χ1) is 12.0. The number of benzene rings is 1. The van der Waals surface area contributed by atoms with Gasteiger partial charge < -0.3 is 10.0 Å². The summed E-state index contributed by atoms with van der Waals surface area (Å²) in [5.41, 5.74) is 1.68. The van der Waals surface area contributed by atoms with Crippen molar-refractivity contribution in [3.63, 3.8) is 0 Å². The molecular formula is C18H20ClN3O3. The highest BCUT2D eigenvalue weighted by Crippen LogP contribution is 2.26. The Bertz CT molecular complexity index is 774. The van der Waals surface area contributed by atoms with Crippen LogP contribution >= 0.6 is 11.6 Å². The highest BCUT2D eigenvalue weighted by atomic mass is 35.5. The lowest BCUT2D eigenvalue weighted by molar-refractivity contribution is -0.138. The lowest BCUT2D eigenvalue weighted by Crippen LogP contribution is -2.40. The van der Waals surface area contributed by atoms with E-state index in [4.69, 9.17) is 16.7 Å². The van der Waals surface area contributed by atoms with Crippen LogP contribution in [-0.4, -0.2) is 44.8 Å². The molecule has 1 aliphatic rings. The first-order valence-corrected chi connectivity index (χ1v) is 8.67. The lowest BCUT2D eigenvalue weighted by Gasteiger charge is -2.32. The third-order valence-electron chi connectivity index (χ3n) is 4.45. The van der Waals surface area contributed by atoms with Gasteiger partial charge in [-0.3, -0.25) is 14.3 Å². The van der Waals surface area contributed by atoms with Gasteiger partial charge in [-0.15, -0.1) is 0 Å². The number of halogens is 1. The normalized spacial score (nSPS) is 17.5. The average Bonchev–Trinajstić information content (AvgIpc) is 3.05. The van der Waals surface area contributed by atoms with E-state index in [1.54, 1.807) is 12.3 Å². The van der Waals surface area contributed by atoms with E-state index in [9.17, 15) is 9.59 Å². The van der Waals surface area contributed by atoms with Gasteiger partial charge in [0.05, 0.1) is 12.1 Å². The molecule has 2 aromatic rings. The van der Waals surface area contributed by atoms with Crippen molar-refractivity contribution in [1.29, 1.82) is 0 Å². The zero-order chi connectivity index (χ0) is 17.8. The molecule has 1 aromatic heterocycles. The van der Waals surface area contributed by atoms with Crippen molar-refractivity contribution in [3.8, 4) is 0 Å². The topological polar surface area (TPSA) is 75.4 Å². The molecule has 0 spiro atoms. The number of hydrogen-bond donors (Lipinski definition) is 1. The van der Waals surface area contributed by atoms with Crippen LogP contribution in [-0.2, 0) is 22.6 Å². The molecule has 1 N–H and O–H groups in total. The monoisotopic (exact) mass is 361 g/mol. The number of piperidine rings is 1. The van der Waals surface area contributed by atoms with Gasteiger partial charge in [0.2, 0.25) is 5.91 Å². The minimum atomic E-state index is -0.921. The van der Waals surface area contributed by atoms with E-state index in [1.807, 2.05) is 29.2 Å². The number of rotatable bonds is 5. The number of amides is 1. The second kappa shape index (κ2) is 7.70. The molecule has 0 aliphatic carbocycles. The van der Waals surface area contributed by atoms with E-state index in [0.717, 1.165) is 30.6 Å². The quantitative estimate of drug-likeness (QED) is 0.888. The van der Waals surface area contributed by atoms with Crippen LogP contribution in [0.15, 0.2) is 36.5 Å². The van der Waals surface area contributed by atoms with Crippen molar-refractivity contribution in [2.75, 3.05) is 13.1 Å². The molecule has 1 amide bonds. The van der Waals surface area contributed by atoms with E-state index >= 15 is 0 Å². The molecule has 6 nitrogen and oxygen atoms in total. The fourth-order valence-corrected chi connectivity index (χ4v) is 3.39. The van der Waals surface area contributed by atoms with Crippen LogP contribution in [0.3, 0.4) is 0 Å². The Morgan fingerprint density at radius 1 is 1.28 bits per heavy atom. The van der Waals surface area contributed by atoms with Gasteiger partial charge in [0.1, 0.15) is 6.54 Å². The molecule has 1 fully saturated rings. The Hall–Kier alpha value is -2.34. The number of carbonyl (C=O) groups excluding carboxylic acids is 1. The molecule has 1 atom stereocenters. The van der Waals surface area contributed by atoms with E-state index < -0.39 is 5.97 Å². The molecule has 2 heterocycles.